The van der Waals surface area contributed by atoms with E-state index >= 15 is 0 Å². The molecule has 2 aromatic heterocycles. The van der Waals surface area contributed by atoms with Gasteiger partial charge in [0.25, 0.3) is 0 Å². The first-order chi connectivity index (χ1) is 14.7. The summed E-state index contributed by atoms with van der Waals surface area (Å²) in [6.45, 7) is 1.26. The minimum atomic E-state index is 0.289. The maximum absolute atomic E-state index is 6.23. The molecule has 10 heteroatoms. The van der Waals surface area contributed by atoms with Crippen molar-refractivity contribution in [2.24, 2.45) is 10.2 Å². The maximum Gasteiger partial charge on any atom is 0.172 e. The molecule has 0 saturated carbocycles. The molecule has 30 heavy (non-hydrogen) atoms. The van der Waals surface area contributed by atoms with E-state index in [2.05, 4.69) is 29.6 Å². The van der Waals surface area contributed by atoms with Crippen molar-refractivity contribution in [3.05, 3.63) is 82.1 Å². The molecule has 152 valence electrons. The number of benzene rings is 2. The largest absolute Gasteiger partial charge is 0.370 e. The summed E-state index contributed by atoms with van der Waals surface area (Å²) in [6, 6.07) is 20.1. The molecule has 0 atom stereocenters. The molecule has 0 saturated heterocycles. The van der Waals surface area contributed by atoms with Gasteiger partial charge in [0.1, 0.15) is 10.0 Å². The molecule has 2 heterocycles. The van der Waals surface area contributed by atoms with Crippen molar-refractivity contribution < 1.29 is 0 Å². The van der Waals surface area contributed by atoms with Crippen LogP contribution in [-0.4, -0.2) is 8.75 Å². The Kier molecular flexibility index (Phi) is 6.91. The third-order valence-corrected chi connectivity index (χ3v) is 6.41. The number of azo groups is 1. The molecule has 0 fully saturated rings. The van der Waals surface area contributed by atoms with Crippen molar-refractivity contribution >= 4 is 67.6 Å². The van der Waals surface area contributed by atoms with E-state index in [9.17, 15) is 0 Å². The summed E-state index contributed by atoms with van der Waals surface area (Å²) < 4.78 is 8.36. The van der Waals surface area contributed by atoms with Crippen LogP contribution in [0.25, 0.3) is 0 Å². The predicted molar refractivity (Wildman–Crippen MR) is 126 cm³/mol. The van der Waals surface area contributed by atoms with Gasteiger partial charge in [-0.05, 0) is 34.2 Å². The zero-order valence-corrected chi connectivity index (χ0v) is 18.7. The Bertz CT molecular complexity index is 1040. The molecule has 6 nitrogen and oxygen atoms in total. The minimum Gasteiger partial charge on any atom is -0.370 e. The van der Waals surface area contributed by atoms with E-state index in [1.54, 1.807) is 0 Å². The van der Waals surface area contributed by atoms with Gasteiger partial charge in [-0.1, -0.05) is 83.9 Å². The fraction of sp³-hybridized carbons (Fsp3) is 0.100. The van der Waals surface area contributed by atoms with Crippen LogP contribution < -0.4 is 10.6 Å². The van der Waals surface area contributed by atoms with E-state index in [1.165, 1.54) is 23.1 Å². The summed E-state index contributed by atoms with van der Waals surface area (Å²) in [5, 5.41) is 17.3. The average Bonchev–Trinajstić information content (AvgIpc) is 3.32. The van der Waals surface area contributed by atoms with Gasteiger partial charge in [0.2, 0.25) is 0 Å². The van der Waals surface area contributed by atoms with E-state index in [4.69, 9.17) is 23.2 Å². The van der Waals surface area contributed by atoms with E-state index in [0.29, 0.717) is 24.5 Å². The lowest BCUT2D eigenvalue weighted by Crippen LogP contribution is -1.97. The fourth-order valence-electron chi connectivity index (χ4n) is 2.59. The Hall–Kier alpha value is -2.52. The van der Waals surface area contributed by atoms with E-state index < -0.39 is 0 Å². The summed E-state index contributed by atoms with van der Waals surface area (Å²) in [4.78, 5) is 0. The average molecular weight is 475 g/mol. The highest BCUT2D eigenvalue weighted by Crippen LogP contribution is 2.41. The lowest BCUT2D eigenvalue weighted by Gasteiger charge is -2.05. The molecule has 0 unspecified atom stereocenters. The second-order valence-electron chi connectivity index (χ2n) is 6.18. The number of anilines is 2. The Labute approximate surface area is 191 Å². The summed E-state index contributed by atoms with van der Waals surface area (Å²) >= 11 is 14.9. The van der Waals surface area contributed by atoms with Crippen molar-refractivity contribution in [1.29, 1.82) is 0 Å². The lowest BCUT2D eigenvalue weighted by molar-refractivity contribution is 1.14. The first kappa shape index (κ1) is 20.7. The molecule has 0 radical (unpaired) electrons. The first-order valence-corrected chi connectivity index (χ1v) is 11.3. The molecular formula is C20H16Cl2N6S2. The number of hydrogen-bond donors (Lipinski definition) is 2. The van der Waals surface area contributed by atoms with Gasteiger partial charge in [-0.15, -0.1) is 10.2 Å². The van der Waals surface area contributed by atoms with E-state index in [-0.39, 0.29) is 10.3 Å². The SMILES string of the molecule is Clc1nsc(NCc2ccccc2)c1N=Nc1c(Cl)nsc1NCc1ccccc1. The molecule has 0 aliphatic carbocycles. The van der Waals surface area contributed by atoms with Gasteiger partial charge in [-0.2, -0.15) is 8.75 Å². The van der Waals surface area contributed by atoms with Crippen molar-refractivity contribution in [3.8, 4) is 0 Å². The summed E-state index contributed by atoms with van der Waals surface area (Å²) in [5.74, 6) is 0. The quantitative estimate of drug-likeness (QED) is 0.258. The molecule has 0 amide bonds. The molecule has 4 aromatic rings. The zero-order chi connectivity index (χ0) is 20.8. The molecule has 0 spiro atoms. The van der Waals surface area contributed by atoms with Crippen molar-refractivity contribution in [3.63, 3.8) is 0 Å². The Morgan fingerprint density at radius 2 is 1.07 bits per heavy atom. The van der Waals surface area contributed by atoms with Crippen LogP contribution >= 0.6 is 46.3 Å². The number of hydrogen-bond acceptors (Lipinski definition) is 8. The third-order valence-electron chi connectivity index (χ3n) is 4.10. The third kappa shape index (κ3) is 5.14. The van der Waals surface area contributed by atoms with Crippen LogP contribution in [0.2, 0.25) is 10.3 Å². The molecule has 0 aliphatic rings. The summed E-state index contributed by atoms with van der Waals surface area (Å²) in [5.41, 5.74) is 3.24. The van der Waals surface area contributed by atoms with Crippen LogP contribution in [0.15, 0.2) is 70.9 Å². The Balaban J connectivity index is 1.49. The minimum absolute atomic E-state index is 0.289. The summed E-state index contributed by atoms with van der Waals surface area (Å²) in [6.07, 6.45) is 0. The van der Waals surface area contributed by atoms with Gasteiger partial charge in [0, 0.05) is 13.1 Å². The Morgan fingerprint density at radius 1 is 0.667 bits per heavy atom. The second kappa shape index (κ2) is 9.99. The fourth-order valence-corrected chi connectivity index (χ4v) is 4.41. The maximum atomic E-state index is 6.23. The van der Waals surface area contributed by atoms with Crippen LogP contribution in [0.4, 0.5) is 21.4 Å². The highest BCUT2D eigenvalue weighted by molar-refractivity contribution is 7.11. The summed E-state index contributed by atoms with van der Waals surface area (Å²) in [7, 11) is 0. The molecule has 2 aromatic carbocycles. The molecular weight excluding hydrogens is 459 g/mol. The topological polar surface area (TPSA) is 74.6 Å². The highest BCUT2D eigenvalue weighted by atomic mass is 35.5. The van der Waals surface area contributed by atoms with Crippen LogP contribution in [0.1, 0.15) is 11.1 Å². The van der Waals surface area contributed by atoms with Crippen molar-refractivity contribution in [2.75, 3.05) is 10.6 Å². The van der Waals surface area contributed by atoms with Crippen LogP contribution in [0.5, 0.6) is 0 Å². The normalized spacial score (nSPS) is 11.1. The van der Waals surface area contributed by atoms with Gasteiger partial charge in [0.05, 0.1) is 0 Å². The predicted octanol–water partition coefficient (Wildman–Crippen LogP) is 7.55. The smallest absolute Gasteiger partial charge is 0.172 e. The van der Waals surface area contributed by atoms with Gasteiger partial charge in [0.15, 0.2) is 21.7 Å². The van der Waals surface area contributed by atoms with E-state index in [1.807, 2.05) is 60.7 Å². The van der Waals surface area contributed by atoms with Crippen LogP contribution in [-0.2, 0) is 13.1 Å². The van der Waals surface area contributed by atoms with Crippen molar-refractivity contribution in [2.45, 2.75) is 13.1 Å². The molecule has 2 N–H and O–H groups in total. The number of aromatic nitrogens is 2. The number of rotatable bonds is 8. The van der Waals surface area contributed by atoms with Crippen LogP contribution in [0, 0.1) is 0 Å². The second-order valence-corrected chi connectivity index (χ2v) is 8.44. The van der Waals surface area contributed by atoms with Crippen LogP contribution in [0.3, 0.4) is 0 Å². The van der Waals surface area contributed by atoms with Gasteiger partial charge in [-0.3, -0.25) is 0 Å². The van der Waals surface area contributed by atoms with Gasteiger partial charge >= 0.3 is 0 Å². The number of nitrogens with one attached hydrogen (secondary N) is 2. The highest BCUT2D eigenvalue weighted by Gasteiger charge is 2.15. The number of halogens is 2. The Morgan fingerprint density at radius 3 is 1.47 bits per heavy atom. The van der Waals surface area contributed by atoms with Gasteiger partial charge in [-0.25, -0.2) is 0 Å². The molecule has 4 rings (SSSR count). The molecule has 0 aliphatic heterocycles. The standard InChI is InChI=1S/C20H16Cl2N6S2/c21-17-15(19(29-27-17)23-11-13-7-3-1-4-8-13)25-26-16-18(22)28-30-20(16)24-12-14-9-5-2-6-10-14/h1-10,23-24H,11-12H2. The van der Waals surface area contributed by atoms with E-state index in [0.717, 1.165) is 21.1 Å². The zero-order valence-electron chi connectivity index (χ0n) is 15.5. The monoisotopic (exact) mass is 474 g/mol. The molecule has 0 bridgehead atoms. The first-order valence-electron chi connectivity index (χ1n) is 8.98. The number of nitrogens with zero attached hydrogens (tertiary/aromatic N) is 4. The van der Waals surface area contributed by atoms with Gasteiger partial charge < -0.3 is 10.6 Å². The lowest BCUT2D eigenvalue weighted by atomic mass is 10.2. The van der Waals surface area contributed by atoms with Crippen molar-refractivity contribution in [1.82, 2.24) is 8.75 Å².